The number of carbonyl (C=O) groups excluding carboxylic acids is 1. The van der Waals surface area contributed by atoms with Crippen LogP contribution in [0.3, 0.4) is 0 Å². The van der Waals surface area contributed by atoms with Gasteiger partial charge in [0.25, 0.3) is 5.91 Å². The summed E-state index contributed by atoms with van der Waals surface area (Å²) in [7, 11) is 1.56. The van der Waals surface area contributed by atoms with Crippen LogP contribution < -0.4 is 14.8 Å². The van der Waals surface area contributed by atoms with Gasteiger partial charge in [0.15, 0.2) is 16.6 Å². The highest BCUT2D eigenvalue weighted by molar-refractivity contribution is 7.14. The minimum atomic E-state index is -0.198. The second kappa shape index (κ2) is 6.58. The average Bonchev–Trinajstić information content (AvgIpc) is 3.27. The lowest BCUT2D eigenvalue weighted by Crippen LogP contribution is -2.12. The number of hydrogen-bond donors (Lipinski definition) is 1. The third-order valence-electron chi connectivity index (χ3n) is 3.53. The van der Waals surface area contributed by atoms with Crippen LogP contribution in [0.25, 0.3) is 0 Å². The number of ether oxygens (including phenoxy) is 2. The summed E-state index contributed by atoms with van der Waals surface area (Å²) in [5.74, 6) is 1.56. The third-order valence-corrected chi connectivity index (χ3v) is 4.30. The molecule has 1 aromatic heterocycles. The summed E-state index contributed by atoms with van der Waals surface area (Å²) in [6.07, 6.45) is 2.44. The lowest BCUT2D eigenvalue weighted by molar-refractivity contribution is 0.102. The highest BCUT2D eigenvalue weighted by atomic mass is 32.1. The van der Waals surface area contributed by atoms with Gasteiger partial charge in [0, 0.05) is 16.9 Å². The molecule has 0 radical (unpaired) electrons. The van der Waals surface area contributed by atoms with E-state index >= 15 is 0 Å². The minimum Gasteiger partial charge on any atom is -0.493 e. The first kappa shape index (κ1) is 15.8. The number of anilines is 1. The molecule has 0 spiro atoms. The first-order valence-corrected chi connectivity index (χ1v) is 8.56. The third kappa shape index (κ3) is 3.82. The molecule has 1 heterocycles. The Morgan fingerprint density at radius 3 is 2.78 bits per heavy atom. The largest absolute Gasteiger partial charge is 0.493 e. The summed E-state index contributed by atoms with van der Waals surface area (Å²) in [6.45, 7) is 3.89. The van der Waals surface area contributed by atoms with Crippen molar-refractivity contribution >= 4 is 22.4 Å². The fraction of sp³-hybridized carbons (Fsp3) is 0.412. The van der Waals surface area contributed by atoms with Crippen LogP contribution >= 0.6 is 11.3 Å². The molecule has 1 N–H and O–H groups in total. The number of thiazole rings is 1. The maximum Gasteiger partial charge on any atom is 0.257 e. The molecule has 1 fully saturated rings. The van der Waals surface area contributed by atoms with Crippen LogP contribution in [0.1, 0.15) is 48.7 Å². The molecule has 0 atom stereocenters. The van der Waals surface area contributed by atoms with Gasteiger partial charge in [-0.15, -0.1) is 11.3 Å². The zero-order valence-corrected chi connectivity index (χ0v) is 14.3. The number of rotatable bonds is 6. The molecular formula is C17H20N2O3S. The Balaban J connectivity index is 1.72. The van der Waals surface area contributed by atoms with Gasteiger partial charge in [-0.1, -0.05) is 0 Å². The molecule has 122 valence electrons. The molecule has 1 saturated carbocycles. The van der Waals surface area contributed by atoms with Crippen molar-refractivity contribution < 1.29 is 14.3 Å². The van der Waals surface area contributed by atoms with E-state index in [1.165, 1.54) is 24.2 Å². The zero-order chi connectivity index (χ0) is 16.4. The summed E-state index contributed by atoms with van der Waals surface area (Å²) in [4.78, 5) is 16.8. The van der Waals surface area contributed by atoms with Crippen molar-refractivity contribution in [2.24, 2.45) is 0 Å². The fourth-order valence-electron chi connectivity index (χ4n) is 2.24. The Labute approximate surface area is 139 Å². The van der Waals surface area contributed by atoms with Crippen molar-refractivity contribution in [3.8, 4) is 11.5 Å². The van der Waals surface area contributed by atoms with Crippen molar-refractivity contribution in [3.05, 3.63) is 34.8 Å². The number of hydrogen-bond acceptors (Lipinski definition) is 5. The van der Waals surface area contributed by atoms with E-state index in [0.717, 1.165) is 5.69 Å². The lowest BCUT2D eigenvalue weighted by Gasteiger charge is -2.14. The Bertz CT molecular complexity index is 708. The highest BCUT2D eigenvalue weighted by Gasteiger charge is 2.26. The maximum absolute atomic E-state index is 12.4. The number of benzene rings is 1. The standard InChI is InChI=1S/C17H20N2O3S/c1-10(2)22-14-7-6-12(8-15(14)21-3)16(20)19-17-18-13(9-23-17)11-4-5-11/h6-11H,4-5H2,1-3H3,(H,18,19,20). The number of nitrogens with one attached hydrogen (secondary N) is 1. The number of nitrogens with zero attached hydrogens (tertiary/aromatic N) is 1. The van der Waals surface area contributed by atoms with Gasteiger partial charge in [0.2, 0.25) is 0 Å². The van der Waals surface area contributed by atoms with E-state index in [4.69, 9.17) is 9.47 Å². The molecule has 0 unspecified atom stereocenters. The first-order chi connectivity index (χ1) is 11.1. The van der Waals surface area contributed by atoms with Crippen molar-refractivity contribution in [1.82, 2.24) is 4.98 Å². The predicted octanol–water partition coefficient (Wildman–Crippen LogP) is 4.07. The maximum atomic E-state index is 12.4. The van der Waals surface area contributed by atoms with Gasteiger partial charge in [0.1, 0.15) is 0 Å². The molecular weight excluding hydrogens is 312 g/mol. The van der Waals surface area contributed by atoms with Gasteiger partial charge < -0.3 is 9.47 Å². The van der Waals surface area contributed by atoms with Crippen molar-refractivity contribution in [2.45, 2.75) is 38.7 Å². The SMILES string of the molecule is COc1cc(C(=O)Nc2nc(C3CC3)cs2)ccc1OC(C)C. The monoisotopic (exact) mass is 332 g/mol. The fourth-order valence-corrected chi connectivity index (χ4v) is 3.03. The number of methoxy groups -OCH3 is 1. The molecule has 1 amide bonds. The summed E-state index contributed by atoms with van der Waals surface area (Å²) >= 11 is 1.46. The topological polar surface area (TPSA) is 60.5 Å². The molecule has 0 aliphatic heterocycles. The Morgan fingerprint density at radius 1 is 1.35 bits per heavy atom. The van der Waals surface area contributed by atoms with Crippen LogP contribution in [-0.4, -0.2) is 24.1 Å². The van der Waals surface area contributed by atoms with Gasteiger partial charge in [0.05, 0.1) is 18.9 Å². The molecule has 5 nitrogen and oxygen atoms in total. The van der Waals surface area contributed by atoms with Crippen LogP contribution in [0, 0.1) is 0 Å². The van der Waals surface area contributed by atoms with E-state index in [1.807, 2.05) is 19.2 Å². The van der Waals surface area contributed by atoms with E-state index < -0.39 is 0 Å². The van der Waals surface area contributed by atoms with Crippen molar-refractivity contribution in [2.75, 3.05) is 12.4 Å². The predicted molar refractivity (Wildman–Crippen MR) is 90.8 cm³/mol. The molecule has 1 aromatic carbocycles. The molecule has 0 bridgehead atoms. The summed E-state index contributed by atoms with van der Waals surface area (Å²) in [6, 6.07) is 5.17. The zero-order valence-electron chi connectivity index (χ0n) is 13.5. The second-order valence-electron chi connectivity index (χ2n) is 5.84. The second-order valence-corrected chi connectivity index (χ2v) is 6.70. The van der Waals surface area contributed by atoms with E-state index in [-0.39, 0.29) is 12.0 Å². The first-order valence-electron chi connectivity index (χ1n) is 7.68. The molecule has 0 saturated heterocycles. The quantitative estimate of drug-likeness (QED) is 0.866. The highest BCUT2D eigenvalue weighted by Crippen LogP contribution is 2.41. The number of carbonyl (C=O) groups is 1. The number of aromatic nitrogens is 1. The average molecular weight is 332 g/mol. The van der Waals surface area contributed by atoms with Gasteiger partial charge in [-0.3, -0.25) is 10.1 Å². The van der Waals surface area contributed by atoms with E-state index in [9.17, 15) is 4.79 Å². The Hall–Kier alpha value is -2.08. The van der Waals surface area contributed by atoms with E-state index in [1.54, 1.807) is 25.3 Å². The summed E-state index contributed by atoms with van der Waals surface area (Å²) in [5, 5.41) is 5.50. The van der Waals surface area contributed by atoms with Gasteiger partial charge in [-0.2, -0.15) is 0 Å². The molecule has 2 aromatic rings. The Kier molecular flexibility index (Phi) is 4.52. The van der Waals surface area contributed by atoms with Crippen LogP contribution in [0.2, 0.25) is 0 Å². The normalized spacial score (nSPS) is 13.9. The van der Waals surface area contributed by atoms with Crippen LogP contribution in [0.5, 0.6) is 11.5 Å². The van der Waals surface area contributed by atoms with Gasteiger partial charge >= 0.3 is 0 Å². The van der Waals surface area contributed by atoms with Crippen molar-refractivity contribution in [3.63, 3.8) is 0 Å². The minimum absolute atomic E-state index is 0.0414. The van der Waals surface area contributed by atoms with E-state index in [2.05, 4.69) is 10.3 Å². The van der Waals surface area contributed by atoms with E-state index in [0.29, 0.717) is 28.1 Å². The van der Waals surface area contributed by atoms with Crippen LogP contribution in [-0.2, 0) is 0 Å². The molecule has 1 aliphatic rings. The van der Waals surface area contributed by atoms with Gasteiger partial charge in [-0.05, 0) is 44.9 Å². The summed E-state index contributed by atoms with van der Waals surface area (Å²) in [5.41, 5.74) is 1.60. The number of amides is 1. The molecule has 23 heavy (non-hydrogen) atoms. The summed E-state index contributed by atoms with van der Waals surface area (Å²) < 4.78 is 11.0. The molecule has 1 aliphatic carbocycles. The molecule has 6 heteroatoms. The smallest absolute Gasteiger partial charge is 0.257 e. The van der Waals surface area contributed by atoms with Crippen molar-refractivity contribution in [1.29, 1.82) is 0 Å². The van der Waals surface area contributed by atoms with Crippen LogP contribution in [0.15, 0.2) is 23.6 Å². The lowest BCUT2D eigenvalue weighted by atomic mass is 10.2. The Morgan fingerprint density at radius 2 is 2.13 bits per heavy atom. The molecule has 3 rings (SSSR count). The van der Waals surface area contributed by atoms with Gasteiger partial charge in [-0.25, -0.2) is 4.98 Å². The van der Waals surface area contributed by atoms with Crippen LogP contribution in [0.4, 0.5) is 5.13 Å².